The molecule has 3 aromatic carbocycles. The van der Waals surface area contributed by atoms with Gasteiger partial charge in [0.2, 0.25) is 5.76 Å². The van der Waals surface area contributed by atoms with E-state index in [9.17, 15) is 14.4 Å². The van der Waals surface area contributed by atoms with Gasteiger partial charge in [-0.2, -0.15) is 5.10 Å². The van der Waals surface area contributed by atoms with E-state index in [0.717, 1.165) is 5.56 Å². The van der Waals surface area contributed by atoms with Crippen molar-refractivity contribution in [2.75, 3.05) is 5.32 Å². The second-order valence-corrected chi connectivity index (χ2v) is 9.55. The summed E-state index contributed by atoms with van der Waals surface area (Å²) in [7, 11) is 0. The van der Waals surface area contributed by atoms with Gasteiger partial charge in [-0.15, -0.1) is 0 Å². The van der Waals surface area contributed by atoms with E-state index >= 15 is 0 Å². The number of esters is 1. The van der Waals surface area contributed by atoms with Crippen LogP contribution in [0.2, 0.25) is 0 Å². The highest BCUT2D eigenvalue weighted by Crippen LogP contribution is 2.32. The van der Waals surface area contributed by atoms with Gasteiger partial charge < -0.3 is 14.5 Å². The van der Waals surface area contributed by atoms with Gasteiger partial charge >= 0.3 is 5.97 Å². The molecule has 37 heavy (non-hydrogen) atoms. The van der Waals surface area contributed by atoms with Crippen LogP contribution in [-0.2, 0) is 0 Å². The SMILES string of the molecule is Cc1cccc(C(=O)Nc2cccc(C(=O)NN=Cc3cc(Br)cc(Br)c3OC(=O)c3ccco3)c2)c1. The molecule has 0 saturated carbocycles. The summed E-state index contributed by atoms with van der Waals surface area (Å²) in [4.78, 5) is 37.6. The molecule has 0 unspecified atom stereocenters. The Balaban J connectivity index is 1.45. The van der Waals surface area contributed by atoms with Gasteiger partial charge in [0.25, 0.3) is 11.8 Å². The first kappa shape index (κ1) is 26.1. The maximum absolute atomic E-state index is 12.7. The second kappa shape index (κ2) is 11.8. The quantitative estimate of drug-likeness (QED) is 0.108. The smallest absolute Gasteiger partial charge is 0.379 e. The van der Waals surface area contributed by atoms with Crippen LogP contribution in [0.4, 0.5) is 5.69 Å². The highest BCUT2D eigenvalue weighted by molar-refractivity contribution is 9.11. The normalized spacial score (nSPS) is 10.8. The molecule has 0 bridgehead atoms. The molecule has 0 spiro atoms. The number of carbonyl (C=O) groups excluding carboxylic acids is 3. The maximum Gasteiger partial charge on any atom is 0.379 e. The summed E-state index contributed by atoms with van der Waals surface area (Å²) >= 11 is 6.76. The molecular weight excluding hydrogens is 606 g/mol. The molecule has 0 aliphatic carbocycles. The first-order valence-electron chi connectivity index (χ1n) is 10.9. The van der Waals surface area contributed by atoms with E-state index in [1.54, 1.807) is 60.7 Å². The van der Waals surface area contributed by atoms with Crippen LogP contribution in [0.25, 0.3) is 0 Å². The zero-order chi connectivity index (χ0) is 26.4. The fourth-order valence-electron chi connectivity index (χ4n) is 3.27. The summed E-state index contributed by atoms with van der Waals surface area (Å²) in [6, 6.07) is 20.1. The third-order valence-corrected chi connectivity index (χ3v) is 6.03. The maximum atomic E-state index is 12.7. The monoisotopic (exact) mass is 623 g/mol. The third kappa shape index (κ3) is 6.81. The molecule has 0 aliphatic heterocycles. The van der Waals surface area contributed by atoms with E-state index in [1.807, 2.05) is 13.0 Å². The van der Waals surface area contributed by atoms with Crippen LogP contribution < -0.4 is 15.5 Å². The average molecular weight is 625 g/mol. The number of aryl methyl sites for hydroxylation is 1. The predicted molar refractivity (Wildman–Crippen MR) is 146 cm³/mol. The molecule has 0 radical (unpaired) electrons. The van der Waals surface area contributed by atoms with Crippen molar-refractivity contribution in [3.05, 3.63) is 116 Å². The Bertz CT molecular complexity index is 1500. The van der Waals surface area contributed by atoms with Crippen molar-refractivity contribution in [1.29, 1.82) is 0 Å². The van der Waals surface area contributed by atoms with Gasteiger partial charge in [-0.05, 0) is 77.5 Å². The topological polar surface area (TPSA) is 110 Å². The number of rotatable bonds is 7. The van der Waals surface area contributed by atoms with Gasteiger partial charge in [0.1, 0.15) is 0 Å². The third-order valence-electron chi connectivity index (χ3n) is 4.99. The minimum Gasteiger partial charge on any atom is -0.457 e. The van der Waals surface area contributed by atoms with Crippen molar-refractivity contribution >= 4 is 61.5 Å². The first-order chi connectivity index (χ1) is 17.8. The van der Waals surface area contributed by atoms with Crippen molar-refractivity contribution in [2.24, 2.45) is 5.10 Å². The average Bonchev–Trinajstić information content (AvgIpc) is 3.41. The van der Waals surface area contributed by atoms with Crippen LogP contribution in [0.1, 0.15) is 42.4 Å². The van der Waals surface area contributed by atoms with Crippen molar-refractivity contribution in [3.63, 3.8) is 0 Å². The number of amides is 2. The van der Waals surface area contributed by atoms with Crippen molar-refractivity contribution in [3.8, 4) is 5.75 Å². The molecule has 1 heterocycles. The van der Waals surface area contributed by atoms with Gasteiger partial charge in [-0.25, -0.2) is 10.2 Å². The molecule has 4 rings (SSSR count). The summed E-state index contributed by atoms with van der Waals surface area (Å²) in [5.41, 5.74) is 5.10. The summed E-state index contributed by atoms with van der Waals surface area (Å²) in [5, 5.41) is 6.80. The molecule has 186 valence electrons. The van der Waals surface area contributed by atoms with Crippen LogP contribution >= 0.6 is 31.9 Å². The largest absolute Gasteiger partial charge is 0.457 e. The second-order valence-electron chi connectivity index (χ2n) is 7.78. The van der Waals surface area contributed by atoms with E-state index in [0.29, 0.717) is 31.3 Å². The fourth-order valence-corrected chi connectivity index (χ4v) is 4.61. The van der Waals surface area contributed by atoms with E-state index in [1.165, 1.54) is 18.5 Å². The molecular formula is C27H19Br2N3O5. The molecule has 0 aliphatic rings. The van der Waals surface area contributed by atoms with E-state index in [2.05, 4.69) is 47.7 Å². The summed E-state index contributed by atoms with van der Waals surface area (Å²) in [5.74, 6) is -1.22. The molecule has 2 amide bonds. The van der Waals surface area contributed by atoms with E-state index < -0.39 is 11.9 Å². The molecule has 0 saturated heterocycles. The molecule has 1 aromatic heterocycles. The van der Waals surface area contributed by atoms with Crippen LogP contribution in [0.5, 0.6) is 5.75 Å². The van der Waals surface area contributed by atoms with Crippen LogP contribution in [0.3, 0.4) is 0 Å². The number of hydrazone groups is 1. The van der Waals surface area contributed by atoms with Crippen LogP contribution in [-0.4, -0.2) is 24.0 Å². The number of furan rings is 1. The van der Waals surface area contributed by atoms with Gasteiger partial charge in [0.05, 0.1) is 17.0 Å². The number of halogens is 2. The lowest BCUT2D eigenvalue weighted by Gasteiger charge is -2.10. The molecule has 0 fully saturated rings. The molecule has 0 atom stereocenters. The van der Waals surface area contributed by atoms with Crippen molar-refractivity contribution in [2.45, 2.75) is 6.92 Å². The highest BCUT2D eigenvalue weighted by atomic mass is 79.9. The summed E-state index contributed by atoms with van der Waals surface area (Å²) in [6.07, 6.45) is 2.72. The number of nitrogens with one attached hydrogen (secondary N) is 2. The molecule has 2 N–H and O–H groups in total. The van der Waals surface area contributed by atoms with Crippen molar-refractivity contribution < 1.29 is 23.5 Å². The van der Waals surface area contributed by atoms with Gasteiger partial charge in [0.15, 0.2) is 5.75 Å². The minimum atomic E-state index is -0.684. The number of nitrogens with zero attached hydrogens (tertiary/aromatic N) is 1. The number of carbonyl (C=O) groups is 3. The lowest BCUT2D eigenvalue weighted by atomic mass is 10.1. The predicted octanol–water partition coefficient (Wildman–Crippen LogP) is 6.35. The standard InChI is InChI=1S/C27H19Br2N3O5/c1-16-5-2-6-17(11-16)25(33)31-21-8-3-7-18(13-21)26(34)32-30-15-19-12-20(28)14-22(29)24(19)37-27(35)23-9-4-10-36-23/h2-15H,1H3,(H,31,33)(H,32,34). The highest BCUT2D eigenvalue weighted by Gasteiger charge is 2.17. The van der Waals surface area contributed by atoms with Crippen LogP contribution in [0.15, 0.2) is 97.5 Å². The number of benzene rings is 3. The molecule has 8 nitrogen and oxygen atoms in total. The number of ether oxygens (including phenoxy) is 1. The van der Waals surface area contributed by atoms with Gasteiger partial charge in [0, 0.05) is 26.9 Å². The summed E-state index contributed by atoms with van der Waals surface area (Å²) < 4.78 is 11.7. The zero-order valence-corrected chi connectivity index (χ0v) is 22.5. The molecule has 4 aromatic rings. The van der Waals surface area contributed by atoms with Gasteiger partial charge in [-0.3, -0.25) is 9.59 Å². The number of hydrogen-bond donors (Lipinski definition) is 2. The Labute approximate surface area is 229 Å². The number of anilines is 1. The Morgan fingerprint density at radius 1 is 0.919 bits per heavy atom. The Morgan fingerprint density at radius 2 is 1.68 bits per heavy atom. The van der Waals surface area contributed by atoms with E-state index in [4.69, 9.17) is 9.15 Å². The zero-order valence-electron chi connectivity index (χ0n) is 19.3. The lowest BCUT2D eigenvalue weighted by Crippen LogP contribution is -2.18. The Kier molecular flexibility index (Phi) is 8.32. The first-order valence-corrected chi connectivity index (χ1v) is 12.4. The fraction of sp³-hybridized carbons (Fsp3) is 0.0370. The minimum absolute atomic E-state index is 0.0420. The lowest BCUT2D eigenvalue weighted by molar-refractivity contribution is 0.0699. The van der Waals surface area contributed by atoms with Crippen LogP contribution in [0, 0.1) is 6.92 Å². The number of hydrogen-bond acceptors (Lipinski definition) is 6. The Hall–Kier alpha value is -4.02. The Morgan fingerprint density at radius 3 is 2.41 bits per heavy atom. The molecule has 10 heteroatoms. The van der Waals surface area contributed by atoms with E-state index in [-0.39, 0.29) is 17.4 Å². The van der Waals surface area contributed by atoms with Gasteiger partial charge in [-0.1, -0.05) is 39.7 Å². The van der Waals surface area contributed by atoms with Crippen molar-refractivity contribution in [1.82, 2.24) is 5.43 Å². The summed E-state index contributed by atoms with van der Waals surface area (Å²) in [6.45, 7) is 1.90.